The van der Waals surface area contributed by atoms with Gasteiger partial charge in [0.15, 0.2) is 6.61 Å². The summed E-state index contributed by atoms with van der Waals surface area (Å²) in [6, 6.07) is 14.4. The number of nitrogens with zero attached hydrogens (tertiary/aromatic N) is 1. The lowest BCUT2D eigenvalue weighted by Crippen LogP contribution is -2.27. The van der Waals surface area contributed by atoms with Crippen LogP contribution in [0.3, 0.4) is 0 Å². The molecule has 0 radical (unpaired) electrons. The number of carbonyl (C=O) groups excluding carboxylic acids is 2. The molecule has 0 unspecified atom stereocenters. The van der Waals surface area contributed by atoms with Crippen molar-refractivity contribution in [2.45, 2.75) is 12.8 Å². The van der Waals surface area contributed by atoms with Crippen LogP contribution in [-0.2, 0) is 16.0 Å². The molecule has 0 aromatic heterocycles. The summed E-state index contributed by atoms with van der Waals surface area (Å²) in [6.45, 7) is -0.0155. The van der Waals surface area contributed by atoms with Crippen molar-refractivity contribution in [2.75, 3.05) is 26.0 Å². The zero-order chi connectivity index (χ0) is 18.2. The molecule has 25 heavy (non-hydrogen) atoms. The van der Waals surface area contributed by atoms with Gasteiger partial charge in [0.05, 0.1) is 0 Å². The number of hydrogen-bond donors (Lipinski definition) is 1. The van der Waals surface area contributed by atoms with Crippen LogP contribution in [0, 0.1) is 0 Å². The smallest absolute Gasteiger partial charge is 0.259 e. The van der Waals surface area contributed by atoms with E-state index in [9.17, 15) is 9.59 Å². The molecule has 2 rings (SSSR count). The Morgan fingerprint density at radius 2 is 1.84 bits per heavy atom. The van der Waals surface area contributed by atoms with Crippen LogP contribution in [0.1, 0.15) is 12.0 Å². The molecular weight excluding hydrogens is 340 g/mol. The monoisotopic (exact) mass is 360 g/mol. The Bertz CT molecular complexity index is 730. The normalized spacial score (nSPS) is 10.2. The quantitative estimate of drug-likeness (QED) is 0.823. The summed E-state index contributed by atoms with van der Waals surface area (Å²) in [5.74, 6) is 0.391. The van der Waals surface area contributed by atoms with Gasteiger partial charge >= 0.3 is 0 Å². The topological polar surface area (TPSA) is 58.6 Å². The molecule has 0 aliphatic heterocycles. The summed E-state index contributed by atoms with van der Waals surface area (Å²) >= 11 is 5.93. The van der Waals surface area contributed by atoms with E-state index in [2.05, 4.69) is 5.32 Å². The van der Waals surface area contributed by atoms with Crippen molar-refractivity contribution in [3.63, 3.8) is 0 Å². The molecule has 0 aliphatic carbocycles. The van der Waals surface area contributed by atoms with E-state index in [4.69, 9.17) is 16.3 Å². The number of amides is 2. The van der Waals surface area contributed by atoms with Gasteiger partial charge in [-0.05, 0) is 48.4 Å². The zero-order valence-electron chi connectivity index (χ0n) is 14.3. The molecule has 0 saturated heterocycles. The number of benzene rings is 2. The third kappa shape index (κ3) is 6.47. The van der Waals surface area contributed by atoms with Gasteiger partial charge in [-0.25, -0.2) is 0 Å². The summed E-state index contributed by atoms with van der Waals surface area (Å²) < 4.78 is 5.39. The fraction of sp³-hybridized carbons (Fsp3) is 0.263. The van der Waals surface area contributed by atoms with Crippen molar-refractivity contribution in [3.8, 4) is 5.75 Å². The van der Waals surface area contributed by atoms with Crippen molar-refractivity contribution in [3.05, 3.63) is 59.1 Å². The molecule has 6 heteroatoms. The van der Waals surface area contributed by atoms with Gasteiger partial charge in [-0.3, -0.25) is 9.59 Å². The van der Waals surface area contributed by atoms with Gasteiger partial charge in [0.1, 0.15) is 5.75 Å². The van der Waals surface area contributed by atoms with Crippen molar-refractivity contribution >= 4 is 29.1 Å². The minimum Gasteiger partial charge on any atom is -0.484 e. The van der Waals surface area contributed by atoms with E-state index < -0.39 is 0 Å². The summed E-state index contributed by atoms with van der Waals surface area (Å²) in [4.78, 5) is 25.0. The minimum absolute atomic E-state index is 0.0155. The third-order valence-electron chi connectivity index (χ3n) is 3.53. The number of hydrogen-bond acceptors (Lipinski definition) is 3. The van der Waals surface area contributed by atoms with Crippen molar-refractivity contribution in [1.82, 2.24) is 4.90 Å². The van der Waals surface area contributed by atoms with Crippen LogP contribution in [0.2, 0.25) is 5.02 Å². The molecule has 5 nitrogen and oxygen atoms in total. The number of rotatable bonds is 7. The van der Waals surface area contributed by atoms with Gasteiger partial charge in [0, 0.05) is 31.2 Å². The van der Waals surface area contributed by atoms with Gasteiger partial charge in [0.2, 0.25) is 5.91 Å². The van der Waals surface area contributed by atoms with Gasteiger partial charge in [-0.15, -0.1) is 0 Å². The molecule has 0 aliphatic rings. The van der Waals surface area contributed by atoms with Crippen LogP contribution < -0.4 is 10.1 Å². The van der Waals surface area contributed by atoms with Crippen LogP contribution in [0.4, 0.5) is 5.69 Å². The first-order valence-corrected chi connectivity index (χ1v) is 8.29. The fourth-order valence-corrected chi connectivity index (χ4v) is 2.30. The lowest BCUT2D eigenvalue weighted by molar-refractivity contribution is -0.130. The summed E-state index contributed by atoms with van der Waals surface area (Å²) in [5.41, 5.74) is 1.71. The van der Waals surface area contributed by atoms with Crippen molar-refractivity contribution < 1.29 is 14.3 Å². The Balaban J connectivity index is 1.80. The Morgan fingerprint density at radius 3 is 2.48 bits per heavy atom. The second-order valence-electron chi connectivity index (χ2n) is 5.78. The van der Waals surface area contributed by atoms with E-state index >= 15 is 0 Å². The molecule has 1 N–H and O–H groups in total. The molecule has 0 bridgehead atoms. The van der Waals surface area contributed by atoms with Crippen LogP contribution in [-0.4, -0.2) is 37.4 Å². The molecule has 2 amide bonds. The number of halogens is 1. The average Bonchev–Trinajstić information content (AvgIpc) is 2.59. The molecular formula is C19H21ClN2O3. The Labute approximate surface area is 152 Å². The van der Waals surface area contributed by atoms with Gasteiger partial charge < -0.3 is 15.0 Å². The van der Waals surface area contributed by atoms with Crippen LogP contribution in [0.5, 0.6) is 5.75 Å². The second kappa shape index (κ2) is 9.08. The molecule has 0 atom stereocenters. The number of anilines is 1. The van der Waals surface area contributed by atoms with Crippen LogP contribution in [0.25, 0.3) is 0 Å². The van der Waals surface area contributed by atoms with Crippen LogP contribution in [0.15, 0.2) is 48.5 Å². The minimum atomic E-state index is -0.113. The largest absolute Gasteiger partial charge is 0.484 e. The number of ether oxygens (including phenoxy) is 1. The number of aryl methyl sites for hydroxylation is 1. The fourth-order valence-electron chi connectivity index (χ4n) is 2.08. The molecule has 2 aromatic carbocycles. The van der Waals surface area contributed by atoms with Gasteiger partial charge in [-0.1, -0.05) is 23.7 Å². The van der Waals surface area contributed by atoms with E-state index in [1.165, 1.54) is 4.90 Å². The Kier molecular flexibility index (Phi) is 6.83. The Morgan fingerprint density at radius 1 is 1.12 bits per heavy atom. The highest BCUT2D eigenvalue weighted by atomic mass is 35.5. The molecule has 0 spiro atoms. The first kappa shape index (κ1) is 18.8. The highest BCUT2D eigenvalue weighted by molar-refractivity contribution is 6.30. The number of nitrogens with one attached hydrogen (secondary N) is 1. The summed E-state index contributed by atoms with van der Waals surface area (Å²) in [5, 5.41) is 3.50. The maximum absolute atomic E-state index is 12.0. The number of likely N-dealkylation sites (N-methyl/N-ethyl adjacent to an activating group) is 1. The molecule has 2 aromatic rings. The Hall–Kier alpha value is -2.53. The number of carbonyl (C=O) groups is 2. The highest BCUT2D eigenvalue weighted by Gasteiger charge is 2.06. The van der Waals surface area contributed by atoms with Crippen molar-refractivity contribution in [2.24, 2.45) is 0 Å². The van der Waals surface area contributed by atoms with Gasteiger partial charge in [-0.2, -0.15) is 0 Å². The van der Waals surface area contributed by atoms with E-state index in [1.54, 1.807) is 44.4 Å². The lowest BCUT2D eigenvalue weighted by Gasteiger charge is -2.11. The molecule has 0 heterocycles. The predicted molar refractivity (Wildman–Crippen MR) is 99.0 cm³/mol. The van der Waals surface area contributed by atoms with E-state index in [1.807, 2.05) is 18.2 Å². The van der Waals surface area contributed by atoms with E-state index in [-0.39, 0.29) is 18.4 Å². The van der Waals surface area contributed by atoms with Crippen LogP contribution >= 0.6 is 11.6 Å². The first-order chi connectivity index (χ1) is 11.9. The predicted octanol–water partition coefficient (Wildman–Crippen LogP) is 3.38. The summed E-state index contributed by atoms with van der Waals surface area (Å²) in [6.07, 6.45) is 0.996. The zero-order valence-corrected chi connectivity index (χ0v) is 15.0. The third-order valence-corrected chi connectivity index (χ3v) is 3.76. The highest BCUT2D eigenvalue weighted by Crippen LogP contribution is 2.17. The SMILES string of the molecule is CN(C)C(=O)COc1ccc(NC(=O)CCc2cccc(Cl)c2)cc1. The molecule has 132 valence electrons. The maximum Gasteiger partial charge on any atom is 0.259 e. The average molecular weight is 361 g/mol. The summed E-state index contributed by atoms with van der Waals surface area (Å²) in [7, 11) is 3.35. The van der Waals surface area contributed by atoms with E-state index in [0.717, 1.165) is 5.56 Å². The van der Waals surface area contributed by atoms with Crippen molar-refractivity contribution in [1.29, 1.82) is 0 Å². The maximum atomic E-state index is 12.0. The lowest BCUT2D eigenvalue weighted by atomic mass is 10.1. The first-order valence-electron chi connectivity index (χ1n) is 7.91. The standard InChI is InChI=1S/C19H21ClN2O3/c1-22(2)19(24)13-25-17-9-7-16(8-10-17)21-18(23)11-6-14-4-3-5-15(20)12-14/h3-5,7-10,12H,6,11,13H2,1-2H3,(H,21,23). The molecule has 0 saturated carbocycles. The van der Waals surface area contributed by atoms with Gasteiger partial charge in [0.25, 0.3) is 5.91 Å². The molecule has 0 fully saturated rings. The second-order valence-corrected chi connectivity index (χ2v) is 6.22. The van der Waals surface area contributed by atoms with E-state index in [0.29, 0.717) is 29.3 Å².